The van der Waals surface area contributed by atoms with Gasteiger partial charge in [0, 0.05) is 103 Å². The van der Waals surface area contributed by atoms with Crippen molar-refractivity contribution in [2.45, 2.75) is 28.8 Å². The van der Waals surface area contributed by atoms with Crippen molar-refractivity contribution in [1.82, 2.24) is 19.8 Å². The average Bonchev–Trinajstić information content (AvgIpc) is 3.28. The van der Waals surface area contributed by atoms with E-state index >= 15 is 0 Å². The van der Waals surface area contributed by atoms with E-state index < -0.39 is 14.9 Å². The molecule has 0 unspecified atom stereocenters. The topological polar surface area (TPSA) is 137 Å². The van der Waals surface area contributed by atoms with E-state index in [0.717, 1.165) is 92.5 Å². The quantitative estimate of drug-likeness (QED) is 0.0545. The maximum atomic E-state index is 13.8. The third-order valence-electron chi connectivity index (χ3n) is 11.1. The molecule has 1 atom stereocenters. The maximum Gasteiger partial charge on any atom is 0.293 e. The van der Waals surface area contributed by atoms with Crippen LogP contribution in [0.5, 0.6) is 0 Å². The predicted molar refractivity (Wildman–Crippen MR) is 251 cm³/mol. The lowest BCUT2D eigenvalue weighted by Gasteiger charge is -2.36. The van der Waals surface area contributed by atoms with E-state index in [1.165, 1.54) is 29.6 Å². The second kappa shape index (κ2) is 19.9. The molecule has 8 rings (SSSR count). The summed E-state index contributed by atoms with van der Waals surface area (Å²) in [5.74, 6) is 2.98. The molecule has 12 nitrogen and oxygen atoms in total. The van der Waals surface area contributed by atoms with Crippen molar-refractivity contribution in [2.75, 3.05) is 78.0 Å². The lowest BCUT2D eigenvalue weighted by Crippen LogP contribution is -2.46. The monoisotopic (exact) mass is 894 g/mol. The molecule has 3 heterocycles. The zero-order valence-electron chi connectivity index (χ0n) is 33.5. The fraction of sp³-hybridized carbons (Fsp3) is 0.289. The first-order chi connectivity index (χ1) is 29.7. The average molecular weight is 896 g/mol. The van der Waals surface area contributed by atoms with E-state index in [9.17, 15) is 18.5 Å². The van der Waals surface area contributed by atoms with Crippen molar-refractivity contribution in [1.29, 1.82) is 0 Å². The van der Waals surface area contributed by atoms with Crippen LogP contribution in [-0.2, 0) is 16.6 Å². The number of hydrogen-bond donors (Lipinski definition) is 2. The van der Waals surface area contributed by atoms with Crippen LogP contribution < -0.4 is 14.9 Å². The Morgan fingerprint density at radius 1 is 0.836 bits per heavy atom. The van der Waals surface area contributed by atoms with Gasteiger partial charge in [-0.1, -0.05) is 66.2 Å². The van der Waals surface area contributed by atoms with Gasteiger partial charge in [0.25, 0.3) is 15.7 Å². The number of thioether (sulfide) groups is 2. The molecule has 0 bridgehead atoms. The summed E-state index contributed by atoms with van der Waals surface area (Å²) in [6.45, 7) is 7.10. The first-order valence-electron chi connectivity index (χ1n) is 20.3. The number of piperazine rings is 1. The van der Waals surface area contributed by atoms with Crippen molar-refractivity contribution in [3.63, 3.8) is 0 Å². The number of rotatable bonds is 16. The summed E-state index contributed by atoms with van der Waals surface area (Å²) in [6, 6.07) is 36.1. The van der Waals surface area contributed by atoms with Crippen molar-refractivity contribution < 1.29 is 13.3 Å². The molecule has 0 spiro atoms. The summed E-state index contributed by atoms with van der Waals surface area (Å²) in [4.78, 5) is 28.7. The Kier molecular flexibility index (Phi) is 13.9. The number of sulfonamides is 1. The number of fused-ring (bicyclic) bond motifs is 1. The van der Waals surface area contributed by atoms with Gasteiger partial charge in [-0.05, 0) is 77.7 Å². The fourth-order valence-corrected chi connectivity index (χ4v) is 10.9. The second-order valence-electron chi connectivity index (χ2n) is 15.1. The highest BCUT2D eigenvalue weighted by molar-refractivity contribution is 7.99. The minimum Gasteiger partial charge on any atom is -0.376 e. The highest BCUT2D eigenvalue weighted by Gasteiger charge is 2.26. The lowest BCUT2D eigenvalue weighted by molar-refractivity contribution is -0.384. The van der Waals surface area contributed by atoms with Crippen LogP contribution in [0.25, 0.3) is 22.0 Å². The van der Waals surface area contributed by atoms with Crippen LogP contribution in [0.4, 0.5) is 22.9 Å². The zero-order chi connectivity index (χ0) is 42.2. The van der Waals surface area contributed by atoms with Gasteiger partial charge in [-0.3, -0.25) is 19.7 Å². The molecule has 316 valence electrons. The van der Waals surface area contributed by atoms with Gasteiger partial charge in [-0.2, -0.15) is 11.8 Å². The number of anilines is 3. The molecule has 2 N–H and O–H groups in total. The second-order valence-corrected chi connectivity index (χ2v) is 19.5. The lowest BCUT2D eigenvalue weighted by atomic mass is 9.99. The summed E-state index contributed by atoms with van der Waals surface area (Å²) in [7, 11) is -4.27. The van der Waals surface area contributed by atoms with Gasteiger partial charge in [0.05, 0.1) is 15.3 Å². The van der Waals surface area contributed by atoms with Crippen LogP contribution in [0.2, 0.25) is 5.02 Å². The van der Waals surface area contributed by atoms with E-state index in [0.29, 0.717) is 21.7 Å². The van der Waals surface area contributed by atoms with E-state index in [2.05, 4.69) is 71.1 Å². The number of hydrogen-bond acceptors (Lipinski definition) is 12. The van der Waals surface area contributed by atoms with Crippen LogP contribution in [0.15, 0.2) is 131 Å². The molecule has 0 saturated carbocycles. The van der Waals surface area contributed by atoms with Gasteiger partial charge >= 0.3 is 0 Å². The predicted octanol–water partition coefficient (Wildman–Crippen LogP) is 8.99. The Hall–Kier alpha value is -4.90. The molecule has 2 aliphatic heterocycles. The van der Waals surface area contributed by atoms with Crippen molar-refractivity contribution in [2.24, 2.45) is 0 Å². The number of nitrogens with zero attached hydrogens (tertiary/aromatic N) is 6. The van der Waals surface area contributed by atoms with Gasteiger partial charge in [-0.15, -0.1) is 11.8 Å². The highest BCUT2D eigenvalue weighted by Crippen LogP contribution is 2.33. The number of nitro benzene ring substituents is 1. The van der Waals surface area contributed by atoms with Crippen molar-refractivity contribution >= 4 is 78.9 Å². The van der Waals surface area contributed by atoms with Gasteiger partial charge in [0.2, 0.25) is 0 Å². The van der Waals surface area contributed by atoms with Crippen LogP contribution in [-0.4, -0.2) is 102 Å². The fourth-order valence-electron chi connectivity index (χ4n) is 7.73. The van der Waals surface area contributed by atoms with Crippen molar-refractivity contribution in [3.8, 4) is 11.1 Å². The molecule has 5 aromatic carbocycles. The SMILES string of the molecule is O=[N+]([O-])c1cc(S(=O)(=O)Nc2ncnc3cc(N4CCN(Cc5ccccc5-c5ccc(Cl)cc5)CC4)ccc23)ccc1N[C@H](CCN1CCSCC1)CSc1ccccc1. The zero-order valence-corrected chi connectivity index (χ0v) is 36.7. The minimum absolute atomic E-state index is 0.0940. The Morgan fingerprint density at radius 2 is 1.59 bits per heavy atom. The van der Waals surface area contributed by atoms with Crippen LogP contribution in [0.1, 0.15) is 12.0 Å². The number of nitro groups is 1. The van der Waals surface area contributed by atoms with Crippen LogP contribution in [0, 0.1) is 10.1 Å². The molecule has 0 radical (unpaired) electrons. The molecule has 2 saturated heterocycles. The summed E-state index contributed by atoms with van der Waals surface area (Å²) >= 11 is 9.79. The molecule has 0 amide bonds. The highest BCUT2D eigenvalue weighted by atomic mass is 35.5. The van der Waals surface area contributed by atoms with Crippen LogP contribution in [0.3, 0.4) is 0 Å². The Labute approximate surface area is 370 Å². The Balaban J connectivity index is 0.934. The largest absolute Gasteiger partial charge is 0.376 e. The summed E-state index contributed by atoms with van der Waals surface area (Å²) in [5.41, 5.74) is 5.13. The summed E-state index contributed by atoms with van der Waals surface area (Å²) in [6.07, 6.45) is 2.11. The van der Waals surface area contributed by atoms with Gasteiger partial charge in [0.1, 0.15) is 12.0 Å². The molecule has 61 heavy (non-hydrogen) atoms. The first-order valence-corrected chi connectivity index (χ1v) is 24.3. The molecule has 2 aliphatic rings. The number of nitrogens with one attached hydrogen (secondary N) is 2. The molecule has 2 fully saturated rings. The smallest absolute Gasteiger partial charge is 0.293 e. The Morgan fingerprint density at radius 3 is 2.36 bits per heavy atom. The molecule has 6 aromatic rings. The maximum absolute atomic E-state index is 13.8. The molecule has 0 aliphatic carbocycles. The molecular formula is C45H47ClN8O4S3. The molecule has 1 aromatic heterocycles. The number of halogens is 1. The van der Waals surface area contributed by atoms with E-state index in [1.54, 1.807) is 11.8 Å². The number of benzene rings is 5. The minimum atomic E-state index is -4.27. The number of aromatic nitrogens is 2. The summed E-state index contributed by atoms with van der Waals surface area (Å²) in [5, 5.41) is 17.1. The van der Waals surface area contributed by atoms with E-state index in [1.807, 2.05) is 72.4 Å². The van der Waals surface area contributed by atoms with Crippen molar-refractivity contribution in [3.05, 3.63) is 142 Å². The standard InChI is InChI=1S/C45H47ClN8O4S3/c46-35-12-10-33(11-13-35)40-9-5-4-6-34(40)30-52-20-22-53(23-21-52)37-14-16-41-43(28-37)47-32-48-45(41)50-61(57,58)39-15-17-42(44(29-39)54(55)56)49-36(18-19-51-24-26-59-27-25-51)31-60-38-7-2-1-3-8-38/h1-17,28-29,32,36,49H,18-27,30-31H2,(H,47,48,50)/t36-/m1/s1. The van der Waals surface area contributed by atoms with Crippen LogP contribution >= 0.6 is 35.1 Å². The molecular weight excluding hydrogens is 848 g/mol. The van der Waals surface area contributed by atoms with Gasteiger partial charge in [0.15, 0.2) is 5.82 Å². The van der Waals surface area contributed by atoms with Gasteiger partial charge in [-0.25, -0.2) is 18.4 Å². The first kappa shape index (κ1) is 42.8. The van der Waals surface area contributed by atoms with E-state index in [-0.39, 0.29) is 28.1 Å². The third kappa shape index (κ3) is 11.0. The Bertz CT molecular complexity index is 2560. The third-order valence-corrected chi connectivity index (χ3v) is 14.8. The van der Waals surface area contributed by atoms with Gasteiger partial charge < -0.3 is 15.1 Å². The summed E-state index contributed by atoms with van der Waals surface area (Å²) < 4.78 is 30.3. The normalized spacial score (nSPS) is 15.7. The molecule has 16 heteroatoms. The van der Waals surface area contributed by atoms with E-state index in [4.69, 9.17) is 11.6 Å².